The van der Waals surface area contributed by atoms with Gasteiger partial charge in [0, 0.05) is 37.1 Å². The van der Waals surface area contributed by atoms with Crippen LogP contribution in [0.25, 0.3) is 0 Å². The van der Waals surface area contributed by atoms with E-state index in [9.17, 15) is 0 Å². The van der Waals surface area contributed by atoms with Crippen molar-refractivity contribution in [1.29, 1.82) is 0 Å². The Morgan fingerprint density at radius 1 is 0.966 bits per heavy atom. The molecule has 1 saturated carbocycles. The van der Waals surface area contributed by atoms with Crippen molar-refractivity contribution in [3.63, 3.8) is 0 Å². The third kappa shape index (κ3) is 4.30. The number of pyridine rings is 1. The highest BCUT2D eigenvalue weighted by Gasteiger charge is 2.26. The number of fused-ring (bicyclic) bond motifs is 1. The molecule has 0 atom stereocenters. The molecule has 152 valence electrons. The first-order valence-corrected chi connectivity index (χ1v) is 11.0. The molecule has 0 unspecified atom stereocenters. The molecule has 2 aromatic rings. The van der Waals surface area contributed by atoms with E-state index in [1.165, 1.54) is 16.8 Å². The van der Waals surface area contributed by atoms with Crippen LogP contribution in [0.2, 0.25) is 0 Å². The van der Waals surface area contributed by atoms with Crippen molar-refractivity contribution >= 4 is 11.5 Å². The summed E-state index contributed by atoms with van der Waals surface area (Å²) in [7, 11) is 0. The number of ether oxygens (including phenoxy) is 2. The van der Waals surface area contributed by atoms with Gasteiger partial charge in [-0.2, -0.15) is 0 Å². The molecule has 2 aliphatic heterocycles. The van der Waals surface area contributed by atoms with Crippen molar-refractivity contribution < 1.29 is 9.47 Å². The summed E-state index contributed by atoms with van der Waals surface area (Å²) >= 11 is 0. The maximum Gasteiger partial charge on any atom is 0.217 e. The molecule has 1 N–H and O–H groups in total. The molecule has 5 rings (SSSR count). The largest absolute Gasteiger partial charge is 0.474 e. The number of rotatable bonds is 4. The number of nitrogens with zero attached hydrogens (tertiary/aromatic N) is 2. The highest BCUT2D eigenvalue weighted by molar-refractivity contribution is 6.03. The van der Waals surface area contributed by atoms with E-state index >= 15 is 0 Å². The first-order valence-electron chi connectivity index (χ1n) is 11.0. The zero-order valence-electron chi connectivity index (χ0n) is 16.8. The molecule has 0 radical (unpaired) electrons. The number of anilines is 1. The van der Waals surface area contributed by atoms with Crippen LogP contribution in [-0.2, 0) is 11.2 Å². The average molecular weight is 392 g/mol. The summed E-state index contributed by atoms with van der Waals surface area (Å²) in [6.45, 7) is 1.67. The standard InChI is InChI=1S/C24H29N3O2/c1-2-6-22-18(4-1)16-23(27-22)26-19-7-9-20(10-8-19)29-24-21(5-3-13-25-24)17-11-14-28-15-12-17/h1-6,13,17,19-20H,7-12,14-16H2,(H,26,27). The van der Waals surface area contributed by atoms with Gasteiger partial charge in [0.1, 0.15) is 11.9 Å². The van der Waals surface area contributed by atoms with Gasteiger partial charge < -0.3 is 14.8 Å². The second-order valence-electron chi connectivity index (χ2n) is 8.37. The Morgan fingerprint density at radius 3 is 2.62 bits per heavy atom. The summed E-state index contributed by atoms with van der Waals surface area (Å²) < 4.78 is 11.9. The van der Waals surface area contributed by atoms with Crippen molar-refractivity contribution in [2.24, 2.45) is 4.99 Å². The van der Waals surface area contributed by atoms with Gasteiger partial charge in [-0.05, 0) is 62.1 Å². The fourth-order valence-corrected chi connectivity index (χ4v) is 4.75. The Bertz CT molecular complexity index is 841. The summed E-state index contributed by atoms with van der Waals surface area (Å²) in [5, 5.41) is 3.48. The Kier molecular flexibility index (Phi) is 5.48. The summed E-state index contributed by atoms with van der Waals surface area (Å²) in [6, 6.07) is 13.1. The quantitative estimate of drug-likeness (QED) is 0.818. The number of benzene rings is 1. The molecule has 3 heterocycles. The van der Waals surface area contributed by atoms with Crippen LogP contribution in [0.1, 0.15) is 55.6 Å². The lowest BCUT2D eigenvalue weighted by Crippen LogP contribution is -2.28. The van der Waals surface area contributed by atoms with Gasteiger partial charge in [-0.1, -0.05) is 24.3 Å². The minimum atomic E-state index is 0.244. The lowest BCUT2D eigenvalue weighted by molar-refractivity contribution is 0.0828. The van der Waals surface area contributed by atoms with E-state index in [4.69, 9.17) is 14.5 Å². The van der Waals surface area contributed by atoms with Crippen molar-refractivity contribution in [3.05, 3.63) is 53.7 Å². The molecule has 1 saturated heterocycles. The molecule has 1 aromatic heterocycles. The molecule has 1 aromatic carbocycles. The number of nitrogens with one attached hydrogen (secondary N) is 1. The normalized spacial score (nSPS) is 26.1. The first-order chi connectivity index (χ1) is 14.3. The molecule has 0 bridgehead atoms. The van der Waals surface area contributed by atoms with E-state index in [1.807, 2.05) is 12.3 Å². The zero-order chi connectivity index (χ0) is 19.5. The van der Waals surface area contributed by atoms with Crippen molar-refractivity contribution in [3.8, 4) is 5.88 Å². The van der Waals surface area contributed by atoms with Crippen LogP contribution in [0.3, 0.4) is 0 Å². The van der Waals surface area contributed by atoms with Crippen LogP contribution in [0.4, 0.5) is 5.69 Å². The van der Waals surface area contributed by atoms with Crippen LogP contribution in [0, 0.1) is 0 Å². The van der Waals surface area contributed by atoms with Crippen LogP contribution in [-0.4, -0.2) is 36.2 Å². The van der Waals surface area contributed by atoms with Crippen LogP contribution in [0.15, 0.2) is 47.6 Å². The van der Waals surface area contributed by atoms with E-state index in [1.54, 1.807) is 0 Å². The summed E-state index contributed by atoms with van der Waals surface area (Å²) in [6.07, 6.45) is 9.36. The van der Waals surface area contributed by atoms with Crippen LogP contribution in [0.5, 0.6) is 5.88 Å². The van der Waals surface area contributed by atoms with Gasteiger partial charge in [-0.3, -0.25) is 4.99 Å². The van der Waals surface area contributed by atoms with E-state index in [-0.39, 0.29) is 6.10 Å². The maximum atomic E-state index is 6.39. The van der Waals surface area contributed by atoms with E-state index in [0.717, 1.165) is 69.9 Å². The first kappa shape index (κ1) is 18.6. The Morgan fingerprint density at radius 2 is 1.79 bits per heavy atom. The van der Waals surface area contributed by atoms with Gasteiger partial charge in [0.15, 0.2) is 0 Å². The molecule has 5 heteroatoms. The molecule has 0 spiro atoms. The van der Waals surface area contributed by atoms with Gasteiger partial charge in [-0.15, -0.1) is 0 Å². The van der Waals surface area contributed by atoms with Crippen LogP contribution < -0.4 is 10.1 Å². The Hall–Kier alpha value is -2.40. The second kappa shape index (κ2) is 8.54. The summed E-state index contributed by atoms with van der Waals surface area (Å²) in [5.41, 5.74) is 3.81. The molecule has 3 aliphatic rings. The molecule has 5 nitrogen and oxygen atoms in total. The summed E-state index contributed by atoms with van der Waals surface area (Å²) in [4.78, 5) is 9.58. The summed E-state index contributed by atoms with van der Waals surface area (Å²) in [5.74, 6) is 2.45. The molecular formula is C24H29N3O2. The number of hydrogen-bond acceptors (Lipinski definition) is 4. The molecule has 0 amide bonds. The highest BCUT2D eigenvalue weighted by Crippen LogP contribution is 2.34. The van der Waals surface area contributed by atoms with Crippen molar-refractivity contribution in [2.45, 2.75) is 63.0 Å². The fourth-order valence-electron chi connectivity index (χ4n) is 4.75. The van der Waals surface area contributed by atoms with E-state index < -0.39 is 0 Å². The Labute approximate surface area is 172 Å². The van der Waals surface area contributed by atoms with Gasteiger partial charge >= 0.3 is 0 Å². The number of aromatic nitrogens is 1. The minimum Gasteiger partial charge on any atom is -0.474 e. The van der Waals surface area contributed by atoms with E-state index in [2.05, 4.69) is 40.6 Å². The Balaban J connectivity index is 1.18. The molecule has 29 heavy (non-hydrogen) atoms. The van der Waals surface area contributed by atoms with Gasteiger partial charge in [-0.25, -0.2) is 4.98 Å². The zero-order valence-corrected chi connectivity index (χ0v) is 16.8. The monoisotopic (exact) mass is 391 g/mol. The fraction of sp³-hybridized carbons (Fsp3) is 0.500. The lowest BCUT2D eigenvalue weighted by Gasteiger charge is -2.29. The minimum absolute atomic E-state index is 0.244. The number of aliphatic imine (C=N–C) groups is 1. The van der Waals surface area contributed by atoms with Gasteiger partial charge in [0.2, 0.25) is 5.88 Å². The predicted octanol–water partition coefficient (Wildman–Crippen LogP) is 4.73. The predicted molar refractivity (Wildman–Crippen MR) is 115 cm³/mol. The highest BCUT2D eigenvalue weighted by atomic mass is 16.5. The second-order valence-corrected chi connectivity index (χ2v) is 8.37. The topological polar surface area (TPSA) is 55.7 Å². The number of amidine groups is 1. The van der Waals surface area contributed by atoms with Gasteiger partial charge in [0.25, 0.3) is 0 Å². The number of hydrogen-bond donors (Lipinski definition) is 1. The SMILES string of the molecule is c1ccc2c(c1)CC(=NC1CCC(Oc3ncccc3C3CCOCC3)CC1)N2. The molecule has 2 fully saturated rings. The lowest BCUT2D eigenvalue weighted by atomic mass is 9.91. The van der Waals surface area contributed by atoms with Crippen molar-refractivity contribution in [2.75, 3.05) is 18.5 Å². The van der Waals surface area contributed by atoms with Crippen molar-refractivity contribution in [1.82, 2.24) is 4.98 Å². The number of para-hydroxylation sites is 1. The van der Waals surface area contributed by atoms with Crippen LogP contribution >= 0.6 is 0 Å². The van der Waals surface area contributed by atoms with Gasteiger partial charge in [0.05, 0.1) is 6.04 Å². The van der Waals surface area contributed by atoms with E-state index in [0.29, 0.717) is 12.0 Å². The average Bonchev–Trinajstić information content (AvgIpc) is 3.18. The maximum absolute atomic E-state index is 6.39. The third-order valence-corrected chi connectivity index (χ3v) is 6.38. The third-order valence-electron chi connectivity index (χ3n) is 6.38. The smallest absolute Gasteiger partial charge is 0.217 e. The molecule has 1 aliphatic carbocycles. The molecular weight excluding hydrogens is 362 g/mol.